The Labute approximate surface area is 96.1 Å². The molecule has 1 aliphatic carbocycles. The maximum absolute atomic E-state index is 12.3. The Morgan fingerprint density at radius 2 is 2.00 bits per heavy atom. The van der Waals surface area contributed by atoms with E-state index in [0.717, 1.165) is 31.2 Å². The molecule has 0 aliphatic heterocycles. The molecule has 0 radical (unpaired) electrons. The smallest absolute Gasteiger partial charge is 0.184 e. The second-order valence-electron chi connectivity index (χ2n) is 4.80. The van der Waals surface area contributed by atoms with Crippen LogP contribution < -0.4 is 5.73 Å². The highest BCUT2D eigenvalue weighted by Gasteiger charge is 2.35. The van der Waals surface area contributed by atoms with Gasteiger partial charge in [-0.15, -0.1) is 0 Å². The molecule has 0 saturated heterocycles. The van der Waals surface area contributed by atoms with Crippen LogP contribution in [0.25, 0.3) is 0 Å². The highest BCUT2D eigenvalue weighted by molar-refractivity contribution is 6.03. The van der Waals surface area contributed by atoms with Gasteiger partial charge in [-0.2, -0.15) is 0 Å². The molecule has 0 bridgehead atoms. The zero-order chi connectivity index (χ0) is 11.6. The lowest BCUT2D eigenvalue weighted by molar-refractivity contribution is 0.0847. The molecule has 0 spiro atoms. The van der Waals surface area contributed by atoms with E-state index >= 15 is 0 Å². The average molecular weight is 218 g/mol. The van der Waals surface area contributed by atoms with E-state index in [1.807, 2.05) is 13.0 Å². The van der Waals surface area contributed by atoms with Gasteiger partial charge in [-0.3, -0.25) is 9.78 Å². The lowest BCUT2D eigenvalue weighted by atomic mass is 9.77. The third-order valence-corrected chi connectivity index (χ3v) is 3.34. The van der Waals surface area contributed by atoms with Crippen LogP contribution >= 0.6 is 0 Å². The summed E-state index contributed by atoms with van der Waals surface area (Å²) in [5, 5.41) is 0. The Morgan fingerprint density at radius 3 is 2.62 bits per heavy atom. The van der Waals surface area contributed by atoms with Gasteiger partial charge in [-0.05, 0) is 31.4 Å². The van der Waals surface area contributed by atoms with E-state index in [2.05, 4.69) is 4.98 Å². The van der Waals surface area contributed by atoms with E-state index in [0.29, 0.717) is 5.56 Å². The fraction of sp³-hybridized carbons (Fsp3) is 0.538. The largest absolute Gasteiger partial charge is 0.319 e. The maximum atomic E-state index is 12.3. The number of carbonyl (C=O) groups excluding carboxylic acids is 1. The highest BCUT2D eigenvalue weighted by atomic mass is 16.1. The summed E-state index contributed by atoms with van der Waals surface area (Å²) in [4.78, 5) is 16.4. The fourth-order valence-corrected chi connectivity index (χ4v) is 2.38. The minimum atomic E-state index is -0.645. The molecule has 0 aromatic carbocycles. The summed E-state index contributed by atoms with van der Waals surface area (Å²) in [6, 6.07) is 1.87. The number of nitrogens with zero attached hydrogens (tertiary/aromatic N) is 1. The van der Waals surface area contributed by atoms with Gasteiger partial charge < -0.3 is 5.73 Å². The third kappa shape index (κ3) is 2.14. The molecule has 2 rings (SSSR count). The van der Waals surface area contributed by atoms with Crippen molar-refractivity contribution < 1.29 is 4.79 Å². The van der Waals surface area contributed by atoms with Crippen molar-refractivity contribution in [2.45, 2.75) is 44.6 Å². The first-order valence-corrected chi connectivity index (χ1v) is 5.87. The van der Waals surface area contributed by atoms with Crippen molar-refractivity contribution in [3.8, 4) is 0 Å². The minimum absolute atomic E-state index is 0.0587. The molecule has 0 unspecified atom stereocenters. The fourth-order valence-electron chi connectivity index (χ4n) is 2.38. The van der Waals surface area contributed by atoms with Crippen LogP contribution in [0, 0.1) is 6.92 Å². The molecule has 86 valence electrons. The van der Waals surface area contributed by atoms with Gasteiger partial charge in [0.1, 0.15) is 0 Å². The van der Waals surface area contributed by atoms with Crippen LogP contribution in [0.15, 0.2) is 18.5 Å². The first kappa shape index (κ1) is 11.3. The van der Waals surface area contributed by atoms with Gasteiger partial charge in [0.15, 0.2) is 5.78 Å². The molecule has 0 atom stereocenters. The van der Waals surface area contributed by atoms with Gasteiger partial charge in [0, 0.05) is 18.0 Å². The molecule has 1 heterocycles. The van der Waals surface area contributed by atoms with Crippen molar-refractivity contribution in [1.29, 1.82) is 0 Å². The molecule has 16 heavy (non-hydrogen) atoms. The summed E-state index contributed by atoms with van der Waals surface area (Å²) < 4.78 is 0. The summed E-state index contributed by atoms with van der Waals surface area (Å²) in [6.07, 6.45) is 8.29. The van der Waals surface area contributed by atoms with Crippen LogP contribution in [0.5, 0.6) is 0 Å². The molecule has 1 saturated carbocycles. The Balaban J connectivity index is 2.24. The van der Waals surface area contributed by atoms with Gasteiger partial charge >= 0.3 is 0 Å². The van der Waals surface area contributed by atoms with Crippen molar-refractivity contribution in [1.82, 2.24) is 4.98 Å². The number of rotatable bonds is 2. The summed E-state index contributed by atoms with van der Waals surface area (Å²) in [5.41, 5.74) is 7.22. The number of pyridine rings is 1. The van der Waals surface area contributed by atoms with Crippen molar-refractivity contribution in [3.63, 3.8) is 0 Å². The summed E-state index contributed by atoms with van der Waals surface area (Å²) in [5.74, 6) is 0.0587. The number of aryl methyl sites for hydroxylation is 1. The first-order chi connectivity index (χ1) is 7.62. The molecule has 3 heteroatoms. The van der Waals surface area contributed by atoms with Gasteiger partial charge in [0.25, 0.3) is 0 Å². The van der Waals surface area contributed by atoms with Crippen LogP contribution in [-0.4, -0.2) is 16.3 Å². The van der Waals surface area contributed by atoms with Gasteiger partial charge in [-0.25, -0.2) is 0 Å². The lowest BCUT2D eigenvalue weighted by Gasteiger charge is -2.31. The quantitative estimate of drug-likeness (QED) is 0.774. The molecule has 2 N–H and O–H groups in total. The number of nitrogens with two attached hydrogens (primary N) is 1. The Hall–Kier alpha value is -1.22. The molecule has 3 nitrogen and oxygen atoms in total. The summed E-state index contributed by atoms with van der Waals surface area (Å²) in [7, 11) is 0. The van der Waals surface area contributed by atoms with Gasteiger partial charge in [-0.1, -0.05) is 19.3 Å². The number of carbonyl (C=O) groups is 1. The zero-order valence-electron chi connectivity index (χ0n) is 9.70. The number of Topliss-reactive ketones (excluding diaryl/α,β-unsaturated/α-hetero) is 1. The molecule has 0 amide bonds. The normalized spacial score (nSPS) is 19.4. The van der Waals surface area contributed by atoms with Gasteiger partial charge in [0.05, 0.1) is 5.54 Å². The SMILES string of the molecule is Cc1cncc(C(=O)C2(N)CCCCC2)c1. The molecule has 1 aliphatic rings. The average Bonchev–Trinajstić information content (AvgIpc) is 2.29. The predicted molar refractivity (Wildman–Crippen MR) is 63.3 cm³/mol. The topological polar surface area (TPSA) is 56.0 Å². The van der Waals surface area contributed by atoms with Crippen LogP contribution in [0.4, 0.5) is 0 Å². The maximum Gasteiger partial charge on any atom is 0.184 e. The number of ketones is 1. The summed E-state index contributed by atoms with van der Waals surface area (Å²) in [6.45, 7) is 1.94. The molecule has 1 fully saturated rings. The van der Waals surface area contributed by atoms with E-state index in [1.54, 1.807) is 12.4 Å². The van der Waals surface area contributed by atoms with E-state index < -0.39 is 5.54 Å². The molecule has 1 aromatic heterocycles. The monoisotopic (exact) mass is 218 g/mol. The molecular formula is C13H18N2O. The Bertz CT molecular complexity index is 395. The standard InChI is InChI=1S/C13H18N2O/c1-10-7-11(9-15-8-10)12(16)13(14)5-3-2-4-6-13/h7-9H,2-6,14H2,1H3. The highest BCUT2D eigenvalue weighted by Crippen LogP contribution is 2.29. The van der Waals surface area contributed by atoms with Crippen LogP contribution in [-0.2, 0) is 0 Å². The van der Waals surface area contributed by atoms with Crippen LogP contribution in [0.2, 0.25) is 0 Å². The second kappa shape index (κ2) is 4.34. The summed E-state index contributed by atoms with van der Waals surface area (Å²) >= 11 is 0. The third-order valence-electron chi connectivity index (χ3n) is 3.34. The van der Waals surface area contributed by atoms with Gasteiger partial charge in [0.2, 0.25) is 0 Å². The number of hydrogen-bond donors (Lipinski definition) is 1. The second-order valence-corrected chi connectivity index (χ2v) is 4.80. The molecule has 1 aromatic rings. The zero-order valence-corrected chi connectivity index (χ0v) is 9.70. The Morgan fingerprint density at radius 1 is 1.31 bits per heavy atom. The van der Waals surface area contributed by atoms with E-state index in [1.165, 1.54) is 6.42 Å². The number of hydrogen-bond acceptors (Lipinski definition) is 3. The first-order valence-electron chi connectivity index (χ1n) is 5.87. The minimum Gasteiger partial charge on any atom is -0.319 e. The number of aromatic nitrogens is 1. The van der Waals surface area contributed by atoms with E-state index in [9.17, 15) is 4.79 Å². The molecular weight excluding hydrogens is 200 g/mol. The van der Waals surface area contributed by atoms with Crippen molar-refractivity contribution >= 4 is 5.78 Å². The Kier molecular flexibility index (Phi) is 3.06. The van der Waals surface area contributed by atoms with Crippen molar-refractivity contribution in [3.05, 3.63) is 29.6 Å². The van der Waals surface area contributed by atoms with E-state index in [4.69, 9.17) is 5.73 Å². The van der Waals surface area contributed by atoms with Crippen LogP contribution in [0.1, 0.15) is 48.0 Å². The lowest BCUT2D eigenvalue weighted by Crippen LogP contribution is -2.49. The predicted octanol–water partition coefficient (Wildman–Crippen LogP) is 2.23. The van der Waals surface area contributed by atoms with Crippen LogP contribution in [0.3, 0.4) is 0 Å². The van der Waals surface area contributed by atoms with Crippen molar-refractivity contribution in [2.75, 3.05) is 0 Å². The van der Waals surface area contributed by atoms with Crippen molar-refractivity contribution in [2.24, 2.45) is 5.73 Å². The van der Waals surface area contributed by atoms with E-state index in [-0.39, 0.29) is 5.78 Å².